The van der Waals surface area contributed by atoms with E-state index < -0.39 is 0 Å². The van der Waals surface area contributed by atoms with E-state index in [0.717, 1.165) is 30.6 Å². The van der Waals surface area contributed by atoms with Gasteiger partial charge in [-0.05, 0) is 24.1 Å². The number of benzene rings is 1. The molecule has 0 aliphatic heterocycles. The maximum atomic E-state index is 11.4. The molecule has 0 saturated carbocycles. The van der Waals surface area contributed by atoms with Crippen molar-refractivity contribution in [1.82, 2.24) is 0 Å². The average Bonchev–Trinajstić information content (AvgIpc) is 2.34. The number of hydrogen-bond acceptors (Lipinski definition) is 2. The van der Waals surface area contributed by atoms with Crippen LogP contribution in [0.15, 0.2) is 30.3 Å². The highest BCUT2D eigenvalue weighted by Gasteiger charge is 2.07. The van der Waals surface area contributed by atoms with E-state index in [1.165, 1.54) is 0 Å². The minimum absolute atomic E-state index is 0.383. The Balaban J connectivity index is 2.89. The topological polar surface area (TPSA) is 52.3 Å². The molecule has 0 radical (unpaired) electrons. The number of primary amides is 1. The molecule has 2 N–H and O–H groups in total. The zero-order valence-electron chi connectivity index (χ0n) is 10.4. The van der Waals surface area contributed by atoms with Gasteiger partial charge < -0.3 is 10.5 Å². The second kappa shape index (κ2) is 6.74. The van der Waals surface area contributed by atoms with Gasteiger partial charge in [-0.1, -0.05) is 38.0 Å². The van der Waals surface area contributed by atoms with Gasteiger partial charge >= 0.3 is 0 Å². The monoisotopic (exact) mass is 233 g/mol. The fraction of sp³-hybridized carbons (Fsp3) is 0.357. The molecule has 1 amide bonds. The Kier molecular flexibility index (Phi) is 5.27. The van der Waals surface area contributed by atoms with Gasteiger partial charge in [-0.2, -0.15) is 0 Å². The van der Waals surface area contributed by atoms with Crippen LogP contribution in [0, 0.1) is 0 Å². The molecular formula is C14H19NO2. The summed E-state index contributed by atoms with van der Waals surface area (Å²) in [7, 11) is 1.61. The van der Waals surface area contributed by atoms with Crippen LogP contribution < -0.4 is 10.5 Å². The summed E-state index contributed by atoms with van der Waals surface area (Å²) < 4.78 is 5.07. The van der Waals surface area contributed by atoms with Crippen molar-refractivity contribution in [3.05, 3.63) is 35.9 Å². The molecule has 0 aromatic heterocycles. The van der Waals surface area contributed by atoms with Crippen molar-refractivity contribution in [2.75, 3.05) is 7.11 Å². The van der Waals surface area contributed by atoms with E-state index in [1.54, 1.807) is 7.11 Å². The molecule has 3 heteroatoms. The van der Waals surface area contributed by atoms with Gasteiger partial charge in [0.05, 0.1) is 7.11 Å². The molecule has 1 aromatic rings. The van der Waals surface area contributed by atoms with E-state index >= 15 is 0 Å². The lowest BCUT2D eigenvalue weighted by Crippen LogP contribution is -2.13. The summed E-state index contributed by atoms with van der Waals surface area (Å²) in [5, 5.41) is 0. The summed E-state index contributed by atoms with van der Waals surface area (Å²) in [5.41, 5.74) is 6.81. The van der Waals surface area contributed by atoms with Crippen LogP contribution in [-0.4, -0.2) is 13.0 Å². The summed E-state index contributed by atoms with van der Waals surface area (Å²) in [6.45, 7) is 2.12. The number of methoxy groups -OCH3 is 1. The zero-order valence-corrected chi connectivity index (χ0v) is 10.4. The second-order valence-corrected chi connectivity index (χ2v) is 3.85. The van der Waals surface area contributed by atoms with E-state index in [1.807, 2.05) is 30.3 Å². The van der Waals surface area contributed by atoms with Gasteiger partial charge in [0.1, 0.15) is 5.75 Å². The largest absolute Gasteiger partial charge is 0.497 e. The van der Waals surface area contributed by atoms with E-state index in [4.69, 9.17) is 10.5 Å². The molecule has 92 valence electrons. The number of ether oxygens (including phenoxy) is 1. The second-order valence-electron chi connectivity index (χ2n) is 3.85. The van der Waals surface area contributed by atoms with Crippen molar-refractivity contribution >= 4 is 11.5 Å². The molecule has 0 heterocycles. The Labute approximate surface area is 102 Å². The maximum Gasteiger partial charge on any atom is 0.248 e. The highest BCUT2D eigenvalue weighted by Crippen LogP contribution is 2.19. The van der Waals surface area contributed by atoms with Crippen molar-refractivity contribution in [3.63, 3.8) is 0 Å². The fourth-order valence-electron chi connectivity index (χ4n) is 1.58. The van der Waals surface area contributed by atoms with Crippen LogP contribution in [0.25, 0.3) is 5.57 Å². The van der Waals surface area contributed by atoms with Crippen LogP contribution in [0.2, 0.25) is 0 Å². The molecular weight excluding hydrogens is 214 g/mol. The Morgan fingerprint density at radius 1 is 1.35 bits per heavy atom. The van der Waals surface area contributed by atoms with Gasteiger partial charge in [0.15, 0.2) is 0 Å². The molecule has 0 saturated heterocycles. The Morgan fingerprint density at radius 2 is 2.00 bits per heavy atom. The lowest BCUT2D eigenvalue weighted by atomic mass is 10.0. The maximum absolute atomic E-state index is 11.4. The van der Waals surface area contributed by atoms with E-state index in [9.17, 15) is 4.79 Å². The first-order valence-electron chi connectivity index (χ1n) is 5.83. The number of rotatable bonds is 6. The summed E-state index contributed by atoms with van der Waals surface area (Å²) in [6, 6.07) is 7.35. The van der Waals surface area contributed by atoms with Crippen molar-refractivity contribution in [3.8, 4) is 5.75 Å². The molecule has 1 rings (SSSR count). The first kappa shape index (κ1) is 13.3. The molecule has 17 heavy (non-hydrogen) atoms. The number of unbranched alkanes of at least 4 members (excludes halogenated alkanes) is 2. The third kappa shape index (κ3) is 3.94. The smallest absolute Gasteiger partial charge is 0.248 e. The van der Waals surface area contributed by atoms with Crippen LogP contribution in [-0.2, 0) is 4.79 Å². The van der Waals surface area contributed by atoms with Crippen molar-refractivity contribution in [1.29, 1.82) is 0 Å². The minimum Gasteiger partial charge on any atom is -0.497 e. The SMILES string of the molecule is CCCC/C=C(/C(N)=O)c1ccc(OC)cc1. The number of amides is 1. The molecule has 1 aromatic carbocycles. The molecule has 3 nitrogen and oxygen atoms in total. The van der Waals surface area contributed by atoms with Gasteiger partial charge in [-0.15, -0.1) is 0 Å². The molecule has 0 bridgehead atoms. The molecule has 0 unspecified atom stereocenters. The van der Waals surface area contributed by atoms with Crippen molar-refractivity contribution in [2.24, 2.45) is 5.73 Å². The molecule has 0 aliphatic carbocycles. The standard InChI is InChI=1S/C14H19NO2/c1-3-4-5-6-13(14(15)16)11-7-9-12(17-2)10-8-11/h6-10H,3-5H2,1-2H3,(H2,15,16)/b13-6+. The number of hydrogen-bond donors (Lipinski definition) is 1. The number of allylic oxidation sites excluding steroid dienone is 1. The Morgan fingerprint density at radius 3 is 2.47 bits per heavy atom. The van der Waals surface area contributed by atoms with Crippen molar-refractivity contribution in [2.45, 2.75) is 26.2 Å². The van der Waals surface area contributed by atoms with E-state index in [-0.39, 0.29) is 5.91 Å². The quantitative estimate of drug-likeness (QED) is 0.606. The minimum atomic E-state index is -0.383. The lowest BCUT2D eigenvalue weighted by Gasteiger charge is -2.05. The lowest BCUT2D eigenvalue weighted by molar-refractivity contribution is -0.112. The summed E-state index contributed by atoms with van der Waals surface area (Å²) >= 11 is 0. The van der Waals surface area contributed by atoms with Crippen LogP contribution in [0.5, 0.6) is 5.75 Å². The van der Waals surface area contributed by atoms with Gasteiger partial charge in [0, 0.05) is 5.57 Å². The van der Waals surface area contributed by atoms with Crippen LogP contribution in [0.4, 0.5) is 0 Å². The van der Waals surface area contributed by atoms with E-state index in [2.05, 4.69) is 6.92 Å². The Bertz CT molecular complexity index is 393. The normalized spacial score (nSPS) is 11.3. The summed E-state index contributed by atoms with van der Waals surface area (Å²) in [4.78, 5) is 11.4. The van der Waals surface area contributed by atoms with Gasteiger partial charge in [-0.3, -0.25) is 4.79 Å². The van der Waals surface area contributed by atoms with Crippen LogP contribution >= 0.6 is 0 Å². The predicted molar refractivity (Wildman–Crippen MR) is 69.7 cm³/mol. The van der Waals surface area contributed by atoms with Crippen LogP contribution in [0.1, 0.15) is 31.7 Å². The number of carbonyl (C=O) groups is 1. The first-order valence-corrected chi connectivity index (χ1v) is 5.83. The number of carbonyl (C=O) groups excluding carboxylic acids is 1. The fourth-order valence-corrected chi connectivity index (χ4v) is 1.58. The number of nitrogens with two attached hydrogens (primary N) is 1. The highest BCUT2D eigenvalue weighted by atomic mass is 16.5. The van der Waals surface area contributed by atoms with Crippen LogP contribution in [0.3, 0.4) is 0 Å². The Hall–Kier alpha value is -1.77. The van der Waals surface area contributed by atoms with Gasteiger partial charge in [0.25, 0.3) is 0 Å². The highest BCUT2D eigenvalue weighted by molar-refractivity contribution is 6.18. The first-order chi connectivity index (χ1) is 8.19. The zero-order chi connectivity index (χ0) is 12.7. The van der Waals surface area contributed by atoms with Crippen molar-refractivity contribution < 1.29 is 9.53 Å². The predicted octanol–water partition coefficient (Wildman–Crippen LogP) is 2.75. The van der Waals surface area contributed by atoms with Gasteiger partial charge in [-0.25, -0.2) is 0 Å². The van der Waals surface area contributed by atoms with Gasteiger partial charge in [0.2, 0.25) is 5.91 Å². The third-order valence-electron chi connectivity index (χ3n) is 2.57. The summed E-state index contributed by atoms with van der Waals surface area (Å²) in [6.07, 6.45) is 4.95. The molecule has 0 aliphatic rings. The summed E-state index contributed by atoms with van der Waals surface area (Å²) in [5.74, 6) is 0.386. The molecule has 0 fully saturated rings. The third-order valence-corrected chi connectivity index (χ3v) is 2.57. The van der Waals surface area contributed by atoms with E-state index in [0.29, 0.717) is 5.57 Å². The molecule has 0 spiro atoms. The molecule has 0 atom stereocenters. The average molecular weight is 233 g/mol.